The van der Waals surface area contributed by atoms with E-state index in [1.807, 2.05) is 24.3 Å². The molecule has 0 bridgehead atoms. The Labute approximate surface area is 160 Å². The van der Waals surface area contributed by atoms with Crippen LogP contribution in [0.15, 0.2) is 24.3 Å². The van der Waals surface area contributed by atoms with Crippen molar-refractivity contribution in [2.24, 2.45) is 0 Å². The molecule has 2 rings (SSSR count). The lowest BCUT2D eigenvalue weighted by atomic mass is 10.0. The second kappa shape index (κ2) is 9.97. The molecule has 1 aliphatic heterocycles. The molecule has 140 valence electrons. The number of piperazine rings is 1. The number of halogens is 2. The molecule has 2 amide bonds. The van der Waals surface area contributed by atoms with Crippen LogP contribution >= 0.6 is 24.0 Å². The molecule has 8 heteroatoms. The van der Waals surface area contributed by atoms with Crippen molar-refractivity contribution in [1.29, 1.82) is 0 Å². The zero-order chi connectivity index (χ0) is 17.7. The third kappa shape index (κ3) is 5.85. The quantitative estimate of drug-likeness (QED) is 0.797. The van der Waals surface area contributed by atoms with Crippen molar-refractivity contribution >= 4 is 35.8 Å². The number of rotatable bonds is 5. The number of nitrogens with one attached hydrogen (secondary N) is 2. The van der Waals surface area contributed by atoms with Gasteiger partial charge in [0, 0.05) is 44.8 Å². The van der Waals surface area contributed by atoms with Crippen molar-refractivity contribution in [3.05, 3.63) is 34.9 Å². The first-order valence-electron chi connectivity index (χ1n) is 8.10. The summed E-state index contributed by atoms with van der Waals surface area (Å²) in [5.41, 5.74) is 1.01. The number of carbonyl (C=O) groups excluding carboxylic acids is 2. The fourth-order valence-corrected chi connectivity index (χ4v) is 3.17. The maximum absolute atomic E-state index is 12.3. The first-order valence-corrected chi connectivity index (χ1v) is 8.47. The topological polar surface area (TPSA) is 64.7 Å². The first-order chi connectivity index (χ1) is 11.4. The fraction of sp³-hybridized carbons (Fsp3) is 0.529. The maximum atomic E-state index is 12.3. The van der Waals surface area contributed by atoms with Crippen LogP contribution in [-0.4, -0.2) is 67.9 Å². The van der Waals surface area contributed by atoms with Gasteiger partial charge in [-0.15, -0.1) is 12.4 Å². The predicted octanol–water partition coefficient (Wildman–Crippen LogP) is 1.30. The second-order valence-electron chi connectivity index (χ2n) is 6.23. The van der Waals surface area contributed by atoms with Crippen LogP contribution in [0.2, 0.25) is 5.02 Å². The summed E-state index contributed by atoms with van der Waals surface area (Å²) in [4.78, 5) is 27.8. The van der Waals surface area contributed by atoms with E-state index >= 15 is 0 Å². The summed E-state index contributed by atoms with van der Waals surface area (Å²) < 4.78 is 0. The molecule has 0 aromatic heterocycles. The predicted molar refractivity (Wildman–Crippen MR) is 102 cm³/mol. The molecule has 0 spiro atoms. The summed E-state index contributed by atoms with van der Waals surface area (Å²) in [6.45, 7) is 4.25. The zero-order valence-corrected chi connectivity index (χ0v) is 16.4. The van der Waals surface area contributed by atoms with E-state index in [1.54, 1.807) is 21.0 Å². The Morgan fingerprint density at radius 1 is 1.40 bits per heavy atom. The minimum Gasteiger partial charge on any atom is -0.347 e. The summed E-state index contributed by atoms with van der Waals surface area (Å²) >= 11 is 6.31. The number of likely N-dealkylation sites (N-methyl/N-ethyl adjacent to an activating group) is 1. The van der Waals surface area contributed by atoms with Crippen molar-refractivity contribution in [2.45, 2.75) is 19.0 Å². The molecule has 2 N–H and O–H groups in total. The number of nitrogens with zero attached hydrogens (tertiary/aromatic N) is 2. The Morgan fingerprint density at radius 3 is 2.72 bits per heavy atom. The summed E-state index contributed by atoms with van der Waals surface area (Å²) in [6.07, 6.45) is 0. The molecule has 0 aliphatic carbocycles. The van der Waals surface area contributed by atoms with Gasteiger partial charge in [-0.1, -0.05) is 29.8 Å². The maximum Gasteiger partial charge on any atom is 0.244 e. The number of hydrogen-bond donors (Lipinski definition) is 2. The van der Waals surface area contributed by atoms with Gasteiger partial charge < -0.3 is 15.5 Å². The van der Waals surface area contributed by atoms with E-state index in [4.69, 9.17) is 11.6 Å². The molecule has 1 saturated heterocycles. The van der Waals surface area contributed by atoms with Gasteiger partial charge in [0.2, 0.25) is 11.8 Å². The van der Waals surface area contributed by atoms with E-state index in [0.29, 0.717) is 5.02 Å². The van der Waals surface area contributed by atoms with E-state index in [9.17, 15) is 9.59 Å². The van der Waals surface area contributed by atoms with Crippen molar-refractivity contribution < 1.29 is 9.59 Å². The molecule has 0 saturated carbocycles. The Hall–Kier alpha value is -1.34. The molecule has 25 heavy (non-hydrogen) atoms. The van der Waals surface area contributed by atoms with Gasteiger partial charge in [0.05, 0.1) is 6.54 Å². The van der Waals surface area contributed by atoms with E-state index < -0.39 is 6.04 Å². The van der Waals surface area contributed by atoms with Crippen LogP contribution in [0.3, 0.4) is 0 Å². The van der Waals surface area contributed by atoms with Crippen LogP contribution in [0.1, 0.15) is 18.5 Å². The number of amides is 2. The highest BCUT2D eigenvalue weighted by Gasteiger charge is 2.27. The lowest BCUT2D eigenvalue weighted by Crippen LogP contribution is -2.52. The molecule has 1 aromatic carbocycles. The molecule has 2 unspecified atom stereocenters. The van der Waals surface area contributed by atoms with Crippen LogP contribution in [0.5, 0.6) is 0 Å². The molecule has 2 atom stereocenters. The Bertz CT molecular complexity index is 598. The average molecular weight is 389 g/mol. The van der Waals surface area contributed by atoms with Crippen LogP contribution in [0.25, 0.3) is 0 Å². The molecule has 1 heterocycles. The highest BCUT2D eigenvalue weighted by Crippen LogP contribution is 2.28. The number of carbonyl (C=O) groups is 2. The van der Waals surface area contributed by atoms with Gasteiger partial charge in [-0.25, -0.2) is 0 Å². The largest absolute Gasteiger partial charge is 0.347 e. The first kappa shape index (κ1) is 21.7. The van der Waals surface area contributed by atoms with Gasteiger partial charge in [-0.3, -0.25) is 14.5 Å². The van der Waals surface area contributed by atoms with Crippen molar-refractivity contribution in [3.8, 4) is 0 Å². The van der Waals surface area contributed by atoms with Crippen molar-refractivity contribution in [1.82, 2.24) is 20.4 Å². The Morgan fingerprint density at radius 2 is 2.08 bits per heavy atom. The highest BCUT2D eigenvalue weighted by molar-refractivity contribution is 6.31. The summed E-state index contributed by atoms with van der Waals surface area (Å²) in [7, 11) is 3.35. The number of benzene rings is 1. The van der Waals surface area contributed by atoms with Crippen LogP contribution in [-0.2, 0) is 9.59 Å². The standard InChI is InChI=1S/C17H25ClN4O2.ClH/c1-12(17(24)21(2)3)20-16(23)11-22-9-8-19-10-15(22)13-6-4-5-7-14(13)18;/h4-7,12,15,19H,8-11H2,1-3H3,(H,20,23);1H. The third-order valence-corrected chi connectivity index (χ3v) is 4.50. The second-order valence-corrected chi connectivity index (χ2v) is 6.64. The lowest BCUT2D eigenvalue weighted by Gasteiger charge is -2.36. The van der Waals surface area contributed by atoms with Gasteiger partial charge in [0.25, 0.3) is 0 Å². The van der Waals surface area contributed by atoms with Gasteiger partial charge in [-0.2, -0.15) is 0 Å². The third-order valence-electron chi connectivity index (χ3n) is 4.15. The Balaban J connectivity index is 0.00000312. The van der Waals surface area contributed by atoms with Crippen molar-refractivity contribution in [2.75, 3.05) is 40.3 Å². The Kier molecular flexibility index (Phi) is 8.65. The van der Waals surface area contributed by atoms with Crippen molar-refractivity contribution in [3.63, 3.8) is 0 Å². The van der Waals surface area contributed by atoms with E-state index in [0.717, 1.165) is 25.2 Å². The monoisotopic (exact) mass is 388 g/mol. The zero-order valence-electron chi connectivity index (χ0n) is 14.8. The normalized spacial score (nSPS) is 18.8. The summed E-state index contributed by atoms with van der Waals surface area (Å²) in [6, 6.07) is 7.21. The fourth-order valence-electron chi connectivity index (χ4n) is 2.91. The summed E-state index contributed by atoms with van der Waals surface area (Å²) in [5.74, 6) is -0.275. The minimum atomic E-state index is -0.533. The van der Waals surface area contributed by atoms with Gasteiger partial charge >= 0.3 is 0 Å². The average Bonchev–Trinajstić information content (AvgIpc) is 2.55. The molecule has 1 fully saturated rings. The summed E-state index contributed by atoms with van der Waals surface area (Å²) in [5, 5.41) is 6.82. The lowest BCUT2D eigenvalue weighted by molar-refractivity contribution is -0.134. The van der Waals surface area contributed by atoms with Gasteiger partial charge in [-0.05, 0) is 18.6 Å². The molecular formula is C17H26Cl2N4O2. The smallest absolute Gasteiger partial charge is 0.244 e. The molecule has 0 radical (unpaired) electrons. The number of hydrogen-bond acceptors (Lipinski definition) is 4. The van der Waals surface area contributed by atoms with Crippen LogP contribution in [0.4, 0.5) is 0 Å². The van der Waals surface area contributed by atoms with Gasteiger partial charge in [0.1, 0.15) is 6.04 Å². The van der Waals surface area contributed by atoms with E-state index in [2.05, 4.69) is 15.5 Å². The molecule has 6 nitrogen and oxygen atoms in total. The van der Waals surface area contributed by atoms with Gasteiger partial charge in [0.15, 0.2) is 0 Å². The molecule has 1 aromatic rings. The van der Waals surface area contributed by atoms with E-state index in [-0.39, 0.29) is 36.8 Å². The molecular weight excluding hydrogens is 363 g/mol. The van der Waals surface area contributed by atoms with Crippen LogP contribution < -0.4 is 10.6 Å². The van der Waals surface area contributed by atoms with Crippen LogP contribution in [0, 0.1) is 0 Å². The molecule has 1 aliphatic rings. The SMILES string of the molecule is CC(NC(=O)CN1CCNCC1c1ccccc1Cl)C(=O)N(C)C.Cl. The van der Waals surface area contributed by atoms with E-state index in [1.165, 1.54) is 4.90 Å². The minimum absolute atomic E-state index is 0. The highest BCUT2D eigenvalue weighted by atomic mass is 35.5.